The van der Waals surface area contributed by atoms with Crippen molar-refractivity contribution in [2.24, 2.45) is 18.9 Å². The fourth-order valence-electron chi connectivity index (χ4n) is 4.15. The van der Waals surface area contributed by atoms with E-state index in [0.717, 1.165) is 12.0 Å². The van der Waals surface area contributed by atoms with Gasteiger partial charge in [0.05, 0.1) is 11.5 Å². The number of hydrogen-bond acceptors (Lipinski definition) is 4. The van der Waals surface area contributed by atoms with E-state index in [-0.39, 0.29) is 29.9 Å². The van der Waals surface area contributed by atoms with Gasteiger partial charge in [-0.05, 0) is 24.0 Å². The maximum Gasteiger partial charge on any atom is 0.282 e. The molecule has 0 aromatic carbocycles. The number of aryl methyl sites for hydroxylation is 1. The molecule has 2 atom stereocenters. The number of nitrogens with zero attached hydrogens (tertiary/aromatic N) is 5. The third kappa shape index (κ3) is 3.36. The smallest absolute Gasteiger partial charge is 0.282 e. The summed E-state index contributed by atoms with van der Waals surface area (Å²) in [6.45, 7) is 1.77. The first-order valence-corrected chi connectivity index (χ1v) is 9.22. The van der Waals surface area contributed by atoms with Crippen LogP contribution >= 0.6 is 0 Å². The molecule has 7 nitrogen and oxygen atoms in total. The molecule has 0 aliphatic carbocycles. The maximum absolute atomic E-state index is 13.2. The minimum Gasteiger partial charge on any atom is -0.338 e. The van der Waals surface area contributed by atoms with Crippen LogP contribution in [0.5, 0.6) is 0 Å². The number of hydrogen-bond donors (Lipinski definition) is 0. The molecule has 4 heterocycles. The summed E-state index contributed by atoms with van der Waals surface area (Å²) in [7, 11) is 1.51. The molecule has 148 valence electrons. The van der Waals surface area contributed by atoms with E-state index in [9.17, 15) is 18.4 Å². The average molecular weight is 389 g/mol. The number of carbonyl (C=O) groups is 2. The summed E-state index contributed by atoms with van der Waals surface area (Å²) in [6, 6.07) is 3.75. The van der Waals surface area contributed by atoms with Gasteiger partial charge in [-0.2, -0.15) is 5.10 Å². The fraction of sp³-hybridized carbons (Fsp3) is 0.474. The molecule has 2 saturated heterocycles. The number of halogens is 2. The first-order valence-electron chi connectivity index (χ1n) is 9.22. The Bertz CT molecular complexity index is 886. The van der Waals surface area contributed by atoms with Crippen molar-refractivity contribution >= 4 is 11.8 Å². The number of carbonyl (C=O) groups excluding carboxylic acids is 2. The largest absolute Gasteiger partial charge is 0.338 e. The van der Waals surface area contributed by atoms with Gasteiger partial charge in [0.25, 0.3) is 12.3 Å². The van der Waals surface area contributed by atoms with Gasteiger partial charge in [0.2, 0.25) is 5.91 Å². The van der Waals surface area contributed by atoms with E-state index < -0.39 is 18.0 Å². The monoisotopic (exact) mass is 389 g/mol. The Kier molecular flexibility index (Phi) is 4.82. The van der Waals surface area contributed by atoms with Gasteiger partial charge in [-0.1, -0.05) is 6.07 Å². The van der Waals surface area contributed by atoms with Gasteiger partial charge in [-0.15, -0.1) is 0 Å². The van der Waals surface area contributed by atoms with Crippen molar-refractivity contribution in [2.75, 3.05) is 19.6 Å². The predicted octanol–water partition coefficient (Wildman–Crippen LogP) is 1.87. The van der Waals surface area contributed by atoms with Crippen molar-refractivity contribution in [2.45, 2.75) is 19.4 Å². The Morgan fingerprint density at radius 1 is 1.36 bits per heavy atom. The number of alkyl halides is 2. The van der Waals surface area contributed by atoms with Crippen LogP contribution < -0.4 is 0 Å². The van der Waals surface area contributed by atoms with Crippen LogP contribution in [0.15, 0.2) is 30.7 Å². The highest BCUT2D eigenvalue weighted by Crippen LogP contribution is 2.34. The molecule has 9 heteroatoms. The molecule has 2 aromatic heterocycles. The van der Waals surface area contributed by atoms with Crippen molar-refractivity contribution in [1.82, 2.24) is 24.6 Å². The van der Waals surface area contributed by atoms with Crippen molar-refractivity contribution < 1.29 is 18.4 Å². The molecule has 0 radical (unpaired) electrons. The second kappa shape index (κ2) is 7.29. The summed E-state index contributed by atoms with van der Waals surface area (Å²) in [4.78, 5) is 33.1. The maximum atomic E-state index is 13.2. The molecule has 2 amide bonds. The minimum absolute atomic E-state index is 0.00988. The molecule has 0 unspecified atom stereocenters. The molecule has 2 aliphatic heterocycles. The molecule has 2 fully saturated rings. The van der Waals surface area contributed by atoms with E-state index in [1.165, 1.54) is 22.8 Å². The van der Waals surface area contributed by atoms with Crippen LogP contribution in [0, 0.1) is 11.8 Å². The lowest BCUT2D eigenvalue weighted by molar-refractivity contribution is -0.140. The first kappa shape index (κ1) is 18.5. The molecule has 0 spiro atoms. The van der Waals surface area contributed by atoms with Crippen LogP contribution in [0.25, 0.3) is 0 Å². The summed E-state index contributed by atoms with van der Waals surface area (Å²) in [6.07, 6.45) is 2.71. The number of amides is 2. The van der Waals surface area contributed by atoms with Crippen LogP contribution in [0.2, 0.25) is 0 Å². The standard InChI is InChI=1S/C19H21F2N5O2/c1-24-10-15(16(23-24)17(20)21)19(28)26-9-13-4-6-25(18(27)14(13)11-26)8-12-3-2-5-22-7-12/h2-3,5,7,10,13-14,17H,4,6,8-9,11H2,1H3/t13-,14-/m0/s1. The zero-order valence-corrected chi connectivity index (χ0v) is 15.5. The van der Waals surface area contributed by atoms with E-state index in [1.807, 2.05) is 12.1 Å². The lowest BCUT2D eigenvalue weighted by Crippen LogP contribution is -2.44. The number of rotatable bonds is 4. The number of piperidine rings is 1. The molecule has 2 aromatic rings. The molecular formula is C19H21F2N5O2. The fourth-order valence-corrected chi connectivity index (χ4v) is 4.15. The number of fused-ring (bicyclic) bond motifs is 1. The molecular weight excluding hydrogens is 368 g/mol. The summed E-state index contributed by atoms with van der Waals surface area (Å²) in [5.41, 5.74) is 0.361. The third-order valence-electron chi connectivity index (χ3n) is 5.52. The lowest BCUT2D eigenvalue weighted by atomic mass is 9.88. The molecule has 28 heavy (non-hydrogen) atoms. The van der Waals surface area contributed by atoms with Crippen molar-refractivity contribution in [3.8, 4) is 0 Å². The topological polar surface area (TPSA) is 71.3 Å². The van der Waals surface area contributed by atoms with Gasteiger partial charge >= 0.3 is 0 Å². The second-order valence-corrected chi connectivity index (χ2v) is 7.39. The second-order valence-electron chi connectivity index (χ2n) is 7.39. The highest BCUT2D eigenvalue weighted by atomic mass is 19.3. The molecule has 0 saturated carbocycles. The van der Waals surface area contributed by atoms with Crippen LogP contribution in [0.4, 0.5) is 8.78 Å². The first-order chi connectivity index (χ1) is 13.4. The Hall–Kier alpha value is -2.84. The summed E-state index contributed by atoms with van der Waals surface area (Å²) in [5, 5.41) is 3.71. The Labute approximate surface area is 160 Å². The summed E-state index contributed by atoms with van der Waals surface area (Å²) in [5.74, 6) is -0.700. The Morgan fingerprint density at radius 2 is 2.18 bits per heavy atom. The van der Waals surface area contributed by atoms with E-state index in [0.29, 0.717) is 19.6 Å². The van der Waals surface area contributed by atoms with Gasteiger partial charge in [0.1, 0.15) is 5.69 Å². The van der Waals surface area contributed by atoms with E-state index >= 15 is 0 Å². The zero-order chi connectivity index (χ0) is 19.8. The van der Waals surface area contributed by atoms with Gasteiger partial charge < -0.3 is 9.80 Å². The molecule has 2 aliphatic rings. The third-order valence-corrected chi connectivity index (χ3v) is 5.52. The summed E-state index contributed by atoms with van der Waals surface area (Å²) >= 11 is 0. The van der Waals surface area contributed by atoms with Gasteiger partial charge in [-0.25, -0.2) is 8.78 Å². The predicted molar refractivity (Wildman–Crippen MR) is 95.3 cm³/mol. The van der Waals surface area contributed by atoms with Crippen molar-refractivity contribution in [1.29, 1.82) is 0 Å². The zero-order valence-electron chi connectivity index (χ0n) is 15.5. The summed E-state index contributed by atoms with van der Waals surface area (Å²) < 4.78 is 27.6. The van der Waals surface area contributed by atoms with Crippen molar-refractivity contribution in [3.05, 3.63) is 47.5 Å². The minimum atomic E-state index is -2.82. The quantitative estimate of drug-likeness (QED) is 0.801. The van der Waals surface area contributed by atoms with E-state index in [4.69, 9.17) is 0 Å². The van der Waals surface area contributed by atoms with Crippen LogP contribution in [0.3, 0.4) is 0 Å². The van der Waals surface area contributed by atoms with Crippen molar-refractivity contribution in [3.63, 3.8) is 0 Å². The van der Waals surface area contributed by atoms with E-state index in [2.05, 4.69) is 10.1 Å². The Balaban J connectivity index is 1.47. The highest BCUT2D eigenvalue weighted by molar-refractivity contribution is 5.96. The number of likely N-dealkylation sites (tertiary alicyclic amines) is 2. The molecule has 4 rings (SSSR count). The van der Waals surface area contributed by atoms with E-state index in [1.54, 1.807) is 17.3 Å². The lowest BCUT2D eigenvalue weighted by Gasteiger charge is -2.33. The SMILES string of the molecule is Cn1cc(C(=O)N2C[C@@H]3CCN(Cc4cccnc4)C(=O)[C@H]3C2)c(C(F)F)n1. The number of aromatic nitrogens is 3. The van der Waals surface area contributed by atoms with Crippen LogP contribution in [-0.2, 0) is 18.4 Å². The molecule has 0 N–H and O–H groups in total. The number of pyridine rings is 1. The van der Waals surface area contributed by atoms with Gasteiger partial charge in [0, 0.05) is 51.8 Å². The normalized spacial score (nSPS) is 22.1. The highest BCUT2D eigenvalue weighted by Gasteiger charge is 2.45. The van der Waals surface area contributed by atoms with Crippen LogP contribution in [-0.4, -0.2) is 56.0 Å². The Morgan fingerprint density at radius 3 is 2.89 bits per heavy atom. The van der Waals surface area contributed by atoms with Gasteiger partial charge in [-0.3, -0.25) is 19.3 Å². The van der Waals surface area contributed by atoms with Gasteiger partial charge in [0.15, 0.2) is 0 Å². The van der Waals surface area contributed by atoms with Crippen LogP contribution in [0.1, 0.15) is 34.5 Å². The average Bonchev–Trinajstić information content (AvgIpc) is 3.29. The molecule has 0 bridgehead atoms.